The number of hydrogen-bond acceptors (Lipinski definition) is 3. The fourth-order valence-electron chi connectivity index (χ4n) is 2.15. The van der Waals surface area contributed by atoms with Gasteiger partial charge in [0.05, 0.1) is 11.4 Å². The molecular formula is C17H25N5. The molecule has 0 bridgehead atoms. The lowest BCUT2D eigenvalue weighted by Gasteiger charge is -2.14. The predicted octanol–water partition coefficient (Wildman–Crippen LogP) is 2.59. The first-order chi connectivity index (χ1) is 10.8. The molecule has 2 aromatic rings. The molecule has 0 amide bonds. The van der Waals surface area contributed by atoms with Gasteiger partial charge in [-0.25, -0.2) is 0 Å². The van der Waals surface area contributed by atoms with Gasteiger partial charge in [0.15, 0.2) is 0 Å². The normalized spacial score (nSPS) is 12.1. The zero-order valence-corrected chi connectivity index (χ0v) is 13.2. The highest BCUT2D eigenvalue weighted by Crippen LogP contribution is 1.94. The third-order valence-corrected chi connectivity index (χ3v) is 3.36. The first-order valence-electron chi connectivity index (χ1n) is 7.79. The minimum Gasteiger partial charge on any atom is -0.360 e. The van der Waals surface area contributed by atoms with Gasteiger partial charge in [-0.2, -0.15) is 0 Å². The Morgan fingerprint density at radius 1 is 0.909 bits per heavy atom. The molecule has 0 spiro atoms. The summed E-state index contributed by atoms with van der Waals surface area (Å²) in [6.45, 7) is 3.88. The Morgan fingerprint density at radius 3 is 1.82 bits per heavy atom. The molecule has 0 radical (unpaired) electrons. The van der Waals surface area contributed by atoms with Gasteiger partial charge in [-0.05, 0) is 57.2 Å². The standard InChI is InChI=1S/C17H25N5/c1-22(12-4-8-18-14-16-6-2-10-20-16)13-5-9-19-15-17-7-3-11-21-17/h2-3,6-7,10-11,14-15,20-21H,4-5,8-9,12-13H2,1H3. The molecule has 0 aromatic carbocycles. The average Bonchev–Trinajstić information content (AvgIpc) is 3.19. The lowest BCUT2D eigenvalue weighted by Crippen LogP contribution is -2.22. The van der Waals surface area contributed by atoms with Crippen molar-refractivity contribution in [1.82, 2.24) is 14.9 Å². The molecule has 5 heteroatoms. The Bertz CT molecular complexity index is 489. The van der Waals surface area contributed by atoms with Crippen molar-refractivity contribution in [2.24, 2.45) is 9.98 Å². The van der Waals surface area contributed by atoms with Crippen LogP contribution in [0.2, 0.25) is 0 Å². The van der Waals surface area contributed by atoms with Crippen molar-refractivity contribution in [2.45, 2.75) is 12.8 Å². The Hall–Kier alpha value is -2.14. The van der Waals surface area contributed by atoms with Gasteiger partial charge >= 0.3 is 0 Å². The maximum Gasteiger partial charge on any atom is 0.0561 e. The zero-order chi connectivity index (χ0) is 15.5. The number of aromatic amines is 2. The van der Waals surface area contributed by atoms with Crippen molar-refractivity contribution < 1.29 is 0 Å². The van der Waals surface area contributed by atoms with E-state index < -0.39 is 0 Å². The summed E-state index contributed by atoms with van der Waals surface area (Å²) >= 11 is 0. The van der Waals surface area contributed by atoms with E-state index in [9.17, 15) is 0 Å². The highest BCUT2D eigenvalue weighted by Gasteiger charge is 1.97. The fourth-order valence-corrected chi connectivity index (χ4v) is 2.15. The first-order valence-corrected chi connectivity index (χ1v) is 7.79. The second-order valence-electron chi connectivity index (χ2n) is 5.33. The van der Waals surface area contributed by atoms with Gasteiger partial charge < -0.3 is 14.9 Å². The summed E-state index contributed by atoms with van der Waals surface area (Å²) in [4.78, 5) is 17.4. The number of nitrogens with zero attached hydrogens (tertiary/aromatic N) is 3. The van der Waals surface area contributed by atoms with Crippen LogP contribution in [-0.4, -0.2) is 60.5 Å². The van der Waals surface area contributed by atoms with Crippen LogP contribution in [0.1, 0.15) is 24.2 Å². The third-order valence-electron chi connectivity index (χ3n) is 3.36. The molecule has 2 heterocycles. The van der Waals surface area contributed by atoms with Gasteiger partial charge in [0.1, 0.15) is 0 Å². The lowest BCUT2D eigenvalue weighted by atomic mass is 10.3. The zero-order valence-electron chi connectivity index (χ0n) is 13.2. The summed E-state index contributed by atoms with van der Waals surface area (Å²) in [5.74, 6) is 0. The molecule has 2 aromatic heterocycles. The number of rotatable bonds is 10. The quantitative estimate of drug-likeness (QED) is 0.514. The van der Waals surface area contributed by atoms with E-state index in [1.807, 2.05) is 49.1 Å². The summed E-state index contributed by atoms with van der Waals surface area (Å²) in [6, 6.07) is 7.99. The average molecular weight is 299 g/mol. The SMILES string of the molecule is CN(CCCN=Cc1ccc[nH]1)CCCN=Cc1ccc[nH]1. The molecule has 0 atom stereocenters. The Balaban J connectivity index is 1.48. The second-order valence-corrected chi connectivity index (χ2v) is 5.33. The molecular weight excluding hydrogens is 274 g/mol. The molecule has 0 aliphatic carbocycles. The van der Waals surface area contributed by atoms with Gasteiger partial charge in [-0.3, -0.25) is 9.98 Å². The largest absolute Gasteiger partial charge is 0.360 e. The van der Waals surface area contributed by atoms with Crippen molar-refractivity contribution in [3.63, 3.8) is 0 Å². The van der Waals surface area contributed by atoms with Crippen molar-refractivity contribution in [1.29, 1.82) is 0 Å². The Morgan fingerprint density at radius 2 is 1.41 bits per heavy atom. The van der Waals surface area contributed by atoms with Crippen LogP contribution < -0.4 is 0 Å². The number of nitrogens with one attached hydrogen (secondary N) is 2. The number of H-pyrrole nitrogens is 2. The first kappa shape index (κ1) is 16.2. The number of aromatic nitrogens is 2. The molecule has 0 saturated carbocycles. The molecule has 0 fully saturated rings. The molecule has 0 saturated heterocycles. The van der Waals surface area contributed by atoms with Crippen LogP contribution in [0, 0.1) is 0 Å². The molecule has 2 rings (SSSR count). The van der Waals surface area contributed by atoms with E-state index in [1.54, 1.807) is 0 Å². The number of aliphatic imine (C=N–C) groups is 2. The van der Waals surface area contributed by atoms with E-state index in [-0.39, 0.29) is 0 Å². The van der Waals surface area contributed by atoms with E-state index in [4.69, 9.17) is 0 Å². The fraction of sp³-hybridized carbons (Fsp3) is 0.412. The molecule has 118 valence electrons. The van der Waals surface area contributed by atoms with E-state index in [2.05, 4.69) is 31.9 Å². The van der Waals surface area contributed by atoms with Crippen LogP contribution in [0.25, 0.3) is 0 Å². The van der Waals surface area contributed by atoms with E-state index in [0.29, 0.717) is 0 Å². The third kappa shape index (κ3) is 6.54. The van der Waals surface area contributed by atoms with Gasteiger partial charge in [-0.15, -0.1) is 0 Å². The number of hydrogen-bond donors (Lipinski definition) is 2. The van der Waals surface area contributed by atoms with Crippen molar-refractivity contribution in [2.75, 3.05) is 33.2 Å². The molecule has 5 nitrogen and oxygen atoms in total. The predicted molar refractivity (Wildman–Crippen MR) is 93.2 cm³/mol. The molecule has 2 N–H and O–H groups in total. The van der Waals surface area contributed by atoms with Crippen LogP contribution >= 0.6 is 0 Å². The Kier molecular flexibility index (Phi) is 7.18. The van der Waals surface area contributed by atoms with E-state index in [0.717, 1.165) is 50.4 Å². The van der Waals surface area contributed by atoms with Crippen LogP contribution in [0.3, 0.4) is 0 Å². The second kappa shape index (κ2) is 9.73. The van der Waals surface area contributed by atoms with Gasteiger partial charge in [0.2, 0.25) is 0 Å². The van der Waals surface area contributed by atoms with Gasteiger partial charge in [0, 0.05) is 37.9 Å². The summed E-state index contributed by atoms with van der Waals surface area (Å²) in [7, 11) is 2.16. The monoisotopic (exact) mass is 299 g/mol. The van der Waals surface area contributed by atoms with E-state index in [1.165, 1.54) is 0 Å². The molecule has 0 aliphatic rings. The smallest absolute Gasteiger partial charge is 0.0561 e. The molecule has 22 heavy (non-hydrogen) atoms. The van der Waals surface area contributed by atoms with Crippen LogP contribution in [0.15, 0.2) is 46.6 Å². The van der Waals surface area contributed by atoms with E-state index >= 15 is 0 Å². The topological polar surface area (TPSA) is 59.5 Å². The molecule has 0 aliphatic heterocycles. The van der Waals surface area contributed by atoms with Crippen LogP contribution in [0.5, 0.6) is 0 Å². The van der Waals surface area contributed by atoms with Gasteiger partial charge in [0.25, 0.3) is 0 Å². The lowest BCUT2D eigenvalue weighted by molar-refractivity contribution is 0.329. The highest BCUT2D eigenvalue weighted by atomic mass is 15.1. The molecule has 0 unspecified atom stereocenters. The summed E-state index contributed by atoms with van der Waals surface area (Å²) in [5.41, 5.74) is 2.13. The maximum atomic E-state index is 4.41. The van der Waals surface area contributed by atoms with Crippen LogP contribution in [-0.2, 0) is 0 Å². The van der Waals surface area contributed by atoms with Gasteiger partial charge in [-0.1, -0.05) is 0 Å². The summed E-state index contributed by atoms with van der Waals surface area (Å²) in [5, 5.41) is 0. The van der Waals surface area contributed by atoms with Crippen molar-refractivity contribution >= 4 is 12.4 Å². The van der Waals surface area contributed by atoms with Crippen LogP contribution in [0.4, 0.5) is 0 Å². The van der Waals surface area contributed by atoms with Crippen molar-refractivity contribution in [3.05, 3.63) is 48.0 Å². The van der Waals surface area contributed by atoms with Crippen molar-refractivity contribution in [3.8, 4) is 0 Å². The maximum absolute atomic E-state index is 4.41. The minimum absolute atomic E-state index is 0.869. The Labute approximate surface area is 132 Å². The minimum atomic E-state index is 0.869. The summed E-state index contributed by atoms with van der Waals surface area (Å²) in [6.07, 6.45) is 9.78. The summed E-state index contributed by atoms with van der Waals surface area (Å²) < 4.78 is 0. The highest BCUT2D eigenvalue weighted by molar-refractivity contribution is 5.77.